The molecule has 1 N–H and O–H groups in total. The van der Waals surface area contributed by atoms with E-state index in [1.807, 2.05) is 0 Å². The predicted octanol–water partition coefficient (Wildman–Crippen LogP) is 1.92. The fraction of sp³-hybridized carbons (Fsp3) is 0.167. The first kappa shape index (κ1) is 10.4. The number of ether oxygens (including phenoxy) is 1. The highest BCUT2D eigenvalue weighted by molar-refractivity contribution is 5.32. The minimum atomic E-state index is -0.765. The maximum absolute atomic E-state index is 9.55. The van der Waals surface area contributed by atoms with Crippen molar-refractivity contribution in [1.82, 2.24) is 0 Å². The molecule has 2 heteroatoms. The Bertz CT molecular complexity index is 354. The van der Waals surface area contributed by atoms with Gasteiger partial charge in [0, 0.05) is 0 Å². The minimum absolute atomic E-state index is 0.750. The second-order valence-electron chi connectivity index (χ2n) is 2.67. The zero-order valence-electron chi connectivity index (χ0n) is 8.03. The molecule has 1 aromatic carbocycles. The number of benzene rings is 1. The van der Waals surface area contributed by atoms with Crippen LogP contribution in [0.1, 0.15) is 11.7 Å². The Morgan fingerprint density at radius 3 is 2.57 bits per heavy atom. The van der Waals surface area contributed by atoms with Gasteiger partial charge in [-0.3, -0.25) is 0 Å². The van der Waals surface area contributed by atoms with Gasteiger partial charge in [0.1, 0.15) is 11.9 Å². The summed E-state index contributed by atoms with van der Waals surface area (Å²) in [5.74, 6) is 6.00. The van der Waals surface area contributed by atoms with E-state index in [2.05, 4.69) is 18.4 Å². The Labute approximate surface area is 83.8 Å². The lowest BCUT2D eigenvalue weighted by molar-refractivity contribution is 0.238. The molecular formula is C12H12O2. The molecule has 1 rings (SSSR count). The highest BCUT2D eigenvalue weighted by Crippen LogP contribution is 2.16. The molecule has 0 aromatic heterocycles. The van der Waals surface area contributed by atoms with Crippen LogP contribution in [0.4, 0.5) is 0 Å². The van der Waals surface area contributed by atoms with Gasteiger partial charge in [0.2, 0.25) is 0 Å². The van der Waals surface area contributed by atoms with E-state index >= 15 is 0 Å². The van der Waals surface area contributed by atoms with E-state index in [1.54, 1.807) is 31.4 Å². The van der Waals surface area contributed by atoms with Gasteiger partial charge in [-0.1, -0.05) is 30.6 Å². The number of hydrogen-bond acceptors (Lipinski definition) is 2. The number of aliphatic hydroxyl groups is 1. The van der Waals surface area contributed by atoms with E-state index in [9.17, 15) is 5.11 Å². The van der Waals surface area contributed by atoms with E-state index in [0.29, 0.717) is 0 Å². The standard InChI is InChI=1S/C12H12O2/c1-3-4-5-12(13)10-6-8-11(14-2)9-7-10/h3,6-9,12-13H,1H2,2H3. The average Bonchev–Trinajstić information content (AvgIpc) is 2.26. The van der Waals surface area contributed by atoms with Crippen molar-refractivity contribution in [3.05, 3.63) is 42.5 Å². The van der Waals surface area contributed by atoms with Gasteiger partial charge in [0.05, 0.1) is 7.11 Å². The molecule has 72 valence electrons. The van der Waals surface area contributed by atoms with Crippen molar-refractivity contribution in [2.24, 2.45) is 0 Å². The molecule has 2 nitrogen and oxygen atoms in total. The summed E-state index contributed by atoms with van der Waals surface area (Å²) in [5, 5.41) is 9.55. The summed E-state index contributed by atoms with van der Waals surface area (Å²) in [7, 11) is 1.60. The van der Waals surface area contributed by atoms with Crippen molar-refractivity contribution in [3.8, 4) is 17.6 Å². The largest absolute Gasteiger partial charge is 0.497 e. The molecule has 0 aliphatic rings. The molecule has 0 saturated carbocycles. The van der Waals surface area contributed by atoms with Crippen LogP contribution in [0, 0.1) is 11.8 Å². The second-order valence-corrected chi connectivity index (χ2v) is 2.67. The van der Waals surface area contributed by atoms with Crippen LogP contribution in [-0.2, 0) is 0 Å². The number of hydrogen-bond donors (Lipinski definition) is 1. The first-order valence-corrected chi connectivity index (χ1v) is 4.22. The Kier molecular flexibility index (Phi) is 3.78. The quantitative estimate of drug-likeness (QED) is 0.718. The number of rotatable bonds is 2. The zero-order chi connectivity index (χ0) is 10.4. The number of aliphatic hydroxyl groups excluding tert-OH is 1. The van der Waals surface area contributed by atoms with Gasteiger partial charge >= 0.3 is 0 Å². The highest BCUT2D eigenvalue weighted by atomic mass is 16.5. The van der Waals surface area contributed by atoms with Crippen LogP contribution in [0.15, 0.2) is 36.9 Å². The second kappa shape index (κ2) is 5.11. The Hall–Kier alpha value is -1.72. The van der Waals surface area contributed by atoms with Gasteiger partial charge in [-0.25, -0.2) is 0 Å². The van der Waals surface area contributed by atoms with Gasteiger partial charge in [0.15, 0.2) is 0 Å². The summed E-state index contributed by atoms with van der Waals surface area (Å²) in [6.07, 6.45) is 0.686. The summed E-state index contributed by atoms with van der Waals surface area (Å²) in [6.45, 7) is 3.45. The van der Waals surface area contributed by atoms with Gasteiger partial charge in [-0.15, -0.1) is 0 Å². The zero-order valence-corrected chi connectivity index (χ0v) is 8.03. The SMILES string of the molecule is C=CC#CC(O)c1ccc(OC)cc1. The van der Waals surface area contributed by atoms with E-state index in [1.165, 1.54) is 6.08 Å². The first-order chi connectivity index (χ1) is 6.77. The lowest BCUT2D eigenvalue weighted by atomic mass is 10.1. The number of allylic oxidation sites excluding steroid dienone is 1. The van der Waals surface area contributed by atoms with Crippen LogP contribution in [0.5, 0.6) is 5.75 Å². The topological polar surface area (TPSA) is 29.5 Å². The third kappa shape index (κ3) is 2.65. The lowest BCUT2D eigenvalue weighted by Crippen LogP contribution is -1.93. The van der Waals surface area contributed by atoms with Crippen LogP contribution in [-0.4, -0.2) is 12.2 Å². The summed E-state index contributed by atoms with van der Waals surface area (Å²) >= 11 is 0. The maximum Gasteiger partial charge on any atom is 0.140 e. The molecule has 0 aliphatic heterocycles. The maximum atomic E-state index is 9.55. The van der Waals surface area contributed by atoms with Crippen LogP contribution in [0.2, 0.25) is 0 Å². The molecule has 0 spiro atoms. The number of methoxy groups -OCH3 is 1. The van der Waals surface area contributed by atoms with Crippen molar-refractivity contribution in [3.63, 3.8) is 0 Å². The third-order valence-electron chi connectivity index (χ3n) is 1.75. The first-order valence-electron chi connectivity index (χ1n) is 4.22. The van der Waals surface area contributed by atoms with Crippen LogP contribution >= 0.6 is 0 Å². The molecule has 0 aliphatic carbocycles. The molecule has 0 heterocycles. The van der Waals surface area contributed by atoms with Crippen LogP contribution in [0.3, 0.4) is 0 Å². The fourth-order valence-corrected chi connectivity index (χ4v) is 1.01. The molecule has 0 saturated heterocycles. The highest BCUT2D eigenvalue weighted by Gasteiger charge is 2.02. The van der Waals surface area contributed by atoms with Crippen molar-refractivity contribution in [2.45, 2.75) is 6.10 Å². The molecule has 0 amide bonds. The van der Waals surface area contributed by atoms with Gasteiger partial charge < -0.3 is 9.84 Å². The van der Waals surface area contributed by atoms with Crippen molar-refractivity contribution in [1.29, 1.82) is 0 Å². The van der Waals surface area contributed by atoms with E-state index in [-0.39, 0.29) is 0 Å². The smallest absolute Gasteiger partial charge is 0.140 e. The normalized spacial score (nSPS) is 11.0. The Morgan fingerprint density at radius 1 is 1.43 bits per heavy atom. The molecule has 14 heavy (non-hydrogen) atoms. The molecule has 0 radical (unpaired) electrons. The van der Waals surface area contributed by atoms with Crippen LogP contribution < -0.4 is 4.74 Å². The monoisotopic (exact) mass is 188 g/mol. The Balaban J connectivity index is 2.80. The summed E-state index contributed by atoms with van der Waals surface area (Å²) in [6, 6.07) is 7.13. The van der Waals surface area contributed by atoms with E-state index in [0.717, 1.165) is 11.3 Å². The van der Waals surface area contributed by atoms with Crippen molar-refractivity contribution in [2.75, 3.05) is 7.11 Å². The van der Waals surface area contributed by atoms with Crippen molar-refractivity contribution < 1.29 is 9.84 Å². The Morgan fingerprint density at radius 2 is 2.07 bits per heavy atom. The summed E-state index contributed by atoms with van der Waals surface area (Å²) in [4.78, 5) is 0. The van der Waals surface area contributed by atoms with Gasteiger partial charge in [-0.2, -0.15) is 0 Å². The van der Waals surface area contributed by atoms with Crippen LogP contribution in [0.25, 0.3) is 0 Å². The predicted molar refractivity (Wildman–Crippen MR) is 55.9 cm³/mol. The molecule has 0 bridgehead atoms. The minimum Gasteiger partial charge on any atom is -0.497 e. The molecule has 0 fully saturated rings. The van der Waals surface area contributed by atoms with E-state index < -0.39 is 6.10 Å². The molecule has 1 unspecified atom stereocenters. The molecular weight excluding hydrogens is 176 g/mol. The molecule has 1 atom stereocenters. The lowest BCUT2D eigenvalue weighted by Gasteiger charge is -2.04. The summed E-state index contributed by atoms with van der Waals surface area (Å²) in [5.41, 5.74) is 0.750. The van der Waals surface area contributed by atoms with Gasteiger partial charge in [-0.05, 0) is 23.8 Å². The fourth-order valence-electron chi connectivity index (χ4n) is 1.01. The average molecular weight is 188 g/mol. The molecule has 1 aromatic rings. The summed E-state index contributed by atoms with van der Waals surface area (Å²) < 4.78 is 5.00. The van der Waals surface area contributed by atoms with Crippen molar-refractivity contribution >= 4 is 0 Å². The third-order valence-corrected chi connectivity index (χ3v) is 1.75. The van der Waals surface area contributed by atoms with E-state index in [4.69, 9.17) is 4.74 Å². The van der Waals surface area contributed by atoms with Gasteiger partial charge in [0.25, 0.3) is 0 Å².